The maximum Gasteiger partial charge on any atom is 0.123 e. The van der Waals surface area contributed by atoms with E-state index in [0.29, 0.717) is 16.6 Å². The summed E-state index contributed by atoms with van der Waals surface area (Å²) in [5.74, 6) is -0.206. The first kappa shape index (κ1) is 14.3. The molecule has 0 aliphatic heterocycles. The average Bonchev–Trinajstić information content (AvgIpc) is 2.41. The van der Waals surface area contributed by atoms with Crippen molar-refractivity contribution in [3.63, 3.8) is 0 Å². The number of halogens is 3. The zero-order valence-electron chi connectivity index (χ0n) is 10.3. The van der Waals surface area contributed by atoms with Gasteiger partial charge < -0.3 is 5.32 Å². The van der Waals surface area contributed by atoms with E-state index in [1.165, 1.54) is 12.1 Å². The predicted molar refractivity (Wildman–Crippen MR) is 78.3 cm³/mol. The molecule has 0 saturated carbocycles. The highest BCUT2D eigenvalue weighted by atomic mass is 35.5. The first-order chi connectivity index (χ1) is 9.16. The summed E-state index contributed by atoms with van der Waals surface area (Å²) in [6.45, 7) is 1.47. The van der Waals surface area contributed by atoms with Gasteiger partial charge in [0.15, 0.2) is 0 Å². The fourth-order valence-electron chi connectivity index (χ4n) is 1.79. The van der Waals surface area contributed by atoms with Crippen LogP contribution in [0.2, 0.25) is 10.0 Å². The van der Waals surface area contributed by atoms with Gasteiger partial charge in [0.1, 0.15) is 5.82 Å². The van der Waals surface area contributed by atoms with Crippen LogP contribution < -0.4 is 5.32 Å². The Labute approximate surface area is 122 Å². The van der Waals surface area contributed by atoms with E-state index in [4.69, 9.17) is 23.2 Å². The fraction of sp³-hybridized carbons (Fsp3) is 0.200. The molecule has 0 aliphatic rings. The summed E-state index contributed by atoms with van der Waals surface area (Å²) >= 11 is 12.0. The van der Waals surface area contributed by atoms with E-state index in [2.05, 4.69) is 5.32 Å². The SMILES string of the molecule is Fc1ccc(CCNCc2cccc(Cl)c2Cl)cc1. The van der Waals surface area contributed by atoms with Gasteiger partial charge >= 0.3 is 0 Å². The summed E-state index contributed by atoms with van der Waals surface area (Å²) in [7, 11) is 0. The van der Waals surface area contributed by atoms with Crippen LogP contribution in [0.15, 0.2) is 42.5 Å². The van der Waals surface area contributed by atoms with Gasteiger partial charge in [0.25, 0.3) is 0 Å². The molecule has 4 heteroatoms. The van der Waals surface area contributed by atoms with Gasteiger partial charge in [0.2, 0.25) is 0 Å². The number of benzene rings is 2. The van der Waals surface area contributed by atoms with Crippen molar-refractivity contribution in [3.05, 3.63) is 69.5 Å². The second kappa shape index (κ2) is 6.90. The highest BCUT2D eigenvalue weighted by Crippen LogP contribution is 2.25. The molecule has 0 aliphatic carbocycles. The van der Waals surface area contributed by atoms with E-state index in [1.807, 2.05) is 12.1 Å². The lowest BCUT2D eigenvalue weighted by Crippen LogP contribution is -2.16. The van der Waals surface area contributed by atoms with Gasteiger partial charge in [-0.05, 0) is 42.3 Å². The predicted octanol–water partition coefficient (Wildman–Crippen LogP) is 4.46. The smallest absolute Gasteiger partial charge is 0.123 e. The Balaban J connectivity index is 1.81. The molecule has 0 bridgehead atoms. The van der Waals surface area contributed by atoms with Gasteiger partial charge in [0, 0.05) is 6.54 Å². The first-order valence-corrected chi connectivity index (χ1v) is 6.80. The molecule has 2 rings (SSSR count). The number of nitrogens with one attached hydrogen (secondary N) is 1. The molecule has 0 aromatic heterocycles. The van der Waals surface area contributed by atoms with Crippen molar-refractivity contribution in [2.75, 3.05) is 6.54 Å². The van der Waals surface area contributed by atoms with E-state index in [1.54, 1.807) is 18.2 Å². The van der Waals surface area contributed by atoms with Gasteiger partial charge in [0.05, 0.1) is 10.0 Å². The van der Waals surface area contributed by atoms with E-state index in [0.717, 1.165) is 24.1 Å². The fourth-order valence-corrected chi connectivity index (χ4v) is 2.18. The van der Waals surface area contributed by atoms with Crippen molar-refractivity contribution in [3.8, 4) is 0 Å². The van der Waals surface area contributed by atoms with Crippen LogP contribution in [0, 0.1) is 5.82 Å². The second-order valence-electron chi connectivity index (χ2n) is 4.27. The van der Waals surface area contributed by atoms with Crippen molar-refractivity contribution in [2.24, 2.45) is 0 Å². The number of hydrogen-bond donors (Lipinski definition) is 1. The Morgan fingerprint density at radius 3 is 2.47 bits per heavy atom. The first-order valence-electron chi connectivity index (χ1n) is 6.05. The quantitative estimate of drug-likeness (QED) is 0.803. The molecule has 2 aromatic rings. The molecular formula is C15H14Cl2FN. The van der Waals surface area contributed by atoms with Crippen molar-refractivity contribution >= 4 is 23.2 Å². The van der Waals surface area contributed by atoms with Gasteiger partial charge in [-0.2, -0.15) is 0 Å². The molecular weight excluding hydrogens is 284 g/mol. The van der Waals surface area contributed by atoms with Crippen LogP contribution in [0.1, 0.15) is 11.1 Å². The van der Waals surface area contributed by atoms with Gasteiger partial charge in [-0.1, -0.05) is 47.5 Å². The third-order valence-corrected chi connectivity index (χ3v) is 3.71. The summed E-state index contributed by atoms with van der Waals surface area (Å²) in [5, 5.41) is 4.46. The molecule has 0 saturated heterocycles. The Hall–Kier alpha value is -1.09. The summed E-state index contributed by atoms with van der Waals surface area (Å²) in [6.07, 6.45) is 0.846. The molecule has 100 valence electrons. The van der Waals surface area contributed by atoms with Crippen LogP contribution in [-0.2, 0) is 13.0 Å². The van der Waals surface area contributed by atoms with E-state index >= 15 is 0 Å². The van der Waals surface area contributed by atoms with Crippen molar-refractivity contribution < 1.29 is 4.39 Å². The standard InChI is InChI=1S/C15H14Cl2FN/c16-14-3-1-2-12(15(14)17)10-19-9-8-11-4-6-13(18)7-5-11/h1-7,19H,8-10H2. The number of hydrogen-bond acceptors (Lipinski definition) is 1. The monoisotopic (exact) mass is 297 g/mol. The minimum Gasteiger partial charge on any atom is -0.312 e. The molecule has 0 amide bonds. The lowest BCUT2D eigenvalue weighted by Gasteiger charge is -2.08. The lowest BCUT2D eigenvalue weighted by molar-refractivity contribution is 0.626. The molecule has 0 spiro atoms. The molecule has 19 heavy (non-hydrogen) atoms. The summed E-state index contributed by atoms with van der Waals surface area (Å²) in [5.41, 5.74) is 2.08. The van der Waals surface area contributed by atoms with Crippen LogP contribution in [0.4, 0.5) is 4.39 Å². The summed E-state index contributed by atoms with van der Waals surface area (Å²) < 4.78 is 12.7. The van der Waals surface area contributed by atoms with Crippen molar-refractivity contribution in [1.82, 2.24) is 5.32 Å². The Morgan fingerprint density at radius 1 is 1.00 bits per heavy atom. The molecule has 0 radical (unpaired) electrons. The highest BCUT2D eigenvalue weighted by molar-refractivity contribution is 6.42. The van der Waals surface area contributed by atoms with Gasteiger partial charge in [-0.15, -0.1) is 0 Å². The lowest BCUT2D eigenvalue weighted by atomic mass is 10.1. The maximum absolute atomic E-state index is 12.7. The van der Waals surface area contributed by atoms with Crippen LogP contribution >= 0.6 is 23.2 Å². The van der Waals surface area contributed by atoms with Gasteiger partial charge in [-0.25, -0.2) is 4.39 Å². The van der Waals surface area contributed by atoms with Crippen molar-refractivity contribution in [2.45, 2.75) is 13.0 Å². The highest BCUT2D eigenvalue weighted by Gasteiger charge is 2.03. The van der Waals surface area contributed by atoms with Crippen LogP contribution in [-0.4, -0.2) is 6.54 Å². The molecule has 2 aromatic carbocycles. The summed E-state index contributed by atoms with van der Waals surface area (Å²) in [6, 6.07) is 12.1. The Bertz CT molecular complexity index is 540. The minimum atomic E-state index is -0.206. The largest absolute Gasteiger partial charge is 0.312 e. The Morgan fingerprint density at radius 2 is 1.74 bits per heavy atom. The van der Waals surface area contributed by atoms with Crippen molar-refractivity contribution in [1.29, 1.82) is 0 Å². The topological polar surface area (TPSA) is 12.0 Å². The number of rotatable bonds is 5. The third-order valence-electron chi connectivity index (χ3n) is 2.85. The maximum atomic E-state index is 12.7. The van der Waals surface area contributed by atoms with Crippen LogP contribution in [0.25, 0.3) is 0 Å². The molecule has 0 fully saturated rings. The second-order valence-corrected chi connectivity index (χ2v) is 5.05. The van der Waals surface area contributed by atoms with Crippen LogP contribution in [0.3, 0.4) is 0 Å². The molecule has 0 heterocycles. The minimum absolute atomic E-state index is 0.206. The third kappa shape index (κ3) is 4.20. The Kier molecular flexibility index (Phi) is 5.20. The zero-order valence-corrected chi connectivity index (χ0v) is 11.8. The summed E-state index contributed by atoms with van der Waals surface area (Å²) in [4.78, 5) is 0. The zero-order chi connectivity index (χ0) is 13.7. The van der Waals surface area contributed by atoms with Crippen LogP contribution in [0.5, 0.6) is 0 Å². The average molecular weight is 298 g/mol. The van der Waals surface area contributed by atoms with Gasteiger partial charge in [-0.3, -0.25) is 0 Å². The van der Waals surface area contributed by atoms with E-state index in [-0.39, 0.29) is 5.82 Å². The normalized spacial score (nSPS) is 10.7. The van der Waals surface area contributed by atoms with E-state index in [9.17, 15) is 4.39 Å². The molecule has 1 nitrogen and oxygen atoms in total. The molecule has 1 N–H and O–H groups in total. The molecule has 0 unspecified atom stereocenters. The van der Waals surface area contributed by atoms with E-state index < -0.39 is 0 Å². The molecule has 0 atom stereocenters.